The zero-order valence-electron chi connectivity index (χ0n) is 7.70. The second-order valence-electron chi connectivity index (χ2n) is 3.35. The van der Waals surface area contributed by atoms with Gasteiger partial charge in [0, 0.05) is 5.02 Å². The Bertz CT molecular complexity index is 347. The smallest absolute Gasteiger partial charge is 0.306 e. The van der Waals surface area contributed by atoms with E-state index >= 15 is 0 Å². The SMILES string of the molecule is CC(O)(CC(=O)O)c1cccc(Cl)c1. The van der Waals surface area contributed by atoms with Crippen molar-refractivity contribution < 1.29 is 15.0 Å². The molecule has 3 nitrogen and oxygen atoms in total. The molecule has 14 heavy (non-hydrogen) atoms. The van der Waals surface area contributed by atoms with Crippen molar-refractivity contribution in [2.45, 2.75) is 18.9 Å². The van der Waals surface area contributed by atoms with Gasteiger partial charge in [-0.2, -0.15) is 0 Å². The van der Waals surface area contributed by atoms with Crippen LogP contribution in [-0.4, -0.2) is 16.2 Å². The molecule has 1 aromatic rings. The van der Waals surface area contributed by atoms with Crippen molar-refractivity contribution in [1.82, 2.24) is 0 Å². The van der Waals surface area contributed by atoms with E-state index in [1.807, 2.05) is 0 Å². The molecule has 76 valence electrons. The molecule has 0 saturated heterocycles. The molecular weight excluding hydrogens is 204 g/mol. The minimum atomic E-state index is -1.38. The van der Waals surface area contributed by atoms with Crippen LogP contribution in [0.4, 0.5) is 0 Å². The molecule has 2 N–H and O–H groups in total. The number of aliphatic carboxylic acids is 1. The van der Waals surface area contributed by atoms with E-state index in [0.717, 1.165) is 0 Å². The Labute approximate surface area is 86.9 Å². The van der Waals surface area contributed by atoms with E-state index < -0.39 is 11.6 Å². The third kappa shape index (κ3) is 2.72. The molecule has 0 aliphatic rings. The summed E-state index contributed by atoms with van der Waals surface area (Å²) in [5.41, 5.74) is -0.871. The summed E-state index contributed by atoms with van der Waals surface area (Å²) in [6.07, 6.45) is -0.340. The maximum atomic E-state index is 10.5. The zero-order chi connectivity index (χ0) is 10.8. The van der Waals surface area contributed by atoms with Gasteiger partial charge in [0.2, 0.25) is 0 Å². The van der Waals surface area contributed by atoms with Gasteiger partial charge in [-0.15, -0.1) is 0 Å². The molecule has 0 aromatic heterocycles. The summed E-state index contributed by atoms with van der Waals surface area (Å²) < 4.78 is 0. The number of rotatable bonds is 3. The minimum absolute atomic E-state index is 0.340. The first-order chi connectivity index (χ1) is 6.42. The predicted octanol–water partition coefficient (Wildman–Crippen LogP) is 2.02. The number of carbonyl (C=O) groups is 1. The monoisotopic (exact) mass is 214 g/mol. The fourth-order valence-electron chi connectivity index (χ4n) is 1.22. The first-order valence-electron chi connectivity index (χ1n) is 4.12. The first-order valence-corrected chi connectivity index (χ1v) is 4.50. The van der Waals surface area contributed by atoms with Crippen LogP contribution in [0.3, 0.4) is 0 Å². The Balaban J connectivity index is 2.97. The van der Waals surface area contributed by atoms with E-state index in [0.29, 0.717) is 10.6 Å². The normalized spacial score (nSPS) is 14.8. The van der Waals surface area contributed by atoms with Gasteiger partial charge in [0.05, 0.1) is 12.0 Å². The maximum Gasteiger partial charge on any atom is 0.306 e. The Morgan fingerprint density at radius 2 is 2.21 bits per heavy atom. The highest BCUT2D eigenvalue weighted by molar-refractivity contribution is 6.30. The van der Waals surface area contributed by atoms with Crippen LogP contribution in [-0.2, 0) is 10.4 Å². The molecule has 0 aliphatic heterocycles. The standard InChI is InChI=1S/C10H11ClO3/c1-10(14,6-9(12)13)7-3-2-4-8(11)5-7/h2-5,14H,6H2,1H3,(H,12,13). The highest BCUT2D eigenvalue weighted by Crippen LogP contribution is 2.26. The lowest BCUT2D eigenvalue weighted by atomic mass is 9.93. The van der Waals surface area contributed by atoms with E-state index in [9.17, 15) is 9.90 Å². The van der Waals surface area contributed by atoms with Gasteiger partial charge in [-0.25, -0.2) is 0 Å². The average molecular weight is 215 g/mol. The fourth-order valence-corrected chi connectivity index (χ4v) is 1.41. The number of carboxylic acids is 1. The highest BCUT2D eigenvalue weighted by atomic mass is 35.5. The van der Waals surface area contributed by atoms with E-state index in [2.05, 4.69) is 0 Å². The number of hydrogen-bond donors (Lipinski definition) is 2. The molecule has 0 saturated carbocycles. The van der Waals surface area contributed by atoms with Crippen LogP contribution in [0.1, 0.15) is 18.9 Å². The molecule has 1 aromatic carbocycles. The average Bonchev–Trinajstić information content (AvgIpc) is 2.01. The summed E-state index contributed by atoms with van der Waals surface area (Å²) >= 11 is 5.73. The van der Waals surface area contributed by atoms with E-state index in [4.69, 9.17) is 16.7 Å². The van der Waals surface area contributed by atoms with Crippen LogP contribution in [0.25, 0.3) is 0 Å². The third-order valence-corrected chi connectivity index (χ3v) is 2.18. The van der Waals surface area contributed by atoms with E-state index in [-0.39, 0.29) is 6.42 Å². The summed E-state index contributed by atoms with van der Waals surface area (Å²) in [4.78, 5) is 10.5. The van der Waals surface area contributed by atoms with Gasteiger partial charge >= 0.3 is 5.97 Å². The van der Waals surface area contributed by atoms with Gasteiger partial charge < -0.3 is 10.2 Å². The molecule has 0 aliphatic carbocycles. The molecule has 0 radical (unpaired) electrons. The van der Waals surface area contributed by atoms with E-state index in [1.165, 1.54) is 6.92 Å². The second-order valence-corrected chi connectivity index (χ2v) is 3.79. The topological polar surface area (TPSA) is 57.5 Å². The molecule has 0 amide bonds. The molecule has 1 unspecified atom stereocenters. The van der Waals surface area contributed by atoms with Gasteiger partial charge in [-0.05, 0) is 24.6 Å². The van der Waals surface area contributed by atoms with Crippen molar-refractivity contribution in [3.05, 3.63) is 34.9 Å². The number of hydrogen-bond acceptors (Lipinski definition) is 2. The maximum absolute atomic E-state index is 10.5. The lowest BCUT2D eigenvalue weighted by Gasteiger charge is -2.21. The van der Waals surface area contributed by atoms with Gasteiger partial charge in [0.15, 0.2) is 0 Å². The van der Waals surface area contributed by atoms with Crippen LogP contribution in [0, 0.1) is 0 Å². The summed E-state index contributed by atoms with van der Waals surface area (Å²) in [6.45, 7) is 1.45. The predicted molar refractivity (Wildman–Crippen MR) is 53.3 cm³/mol. The largest absolute Gasteiger partial charge is 0.481 e. The Hall–Kier alpha value is -1.06. The number of aliphatic hydroxyl groups is 1. The summed E-state index contributed by atoms with van der Waals surface area (Å²) in [6, 6.07) is 6.55. The quantitative estimate of drug-likeness (QED) is 0.810. The lowest BCUT2D eigenvalue weighted by molar-refractivity contribution is -0.142. The van der Waals surface area contributed by atoms with Crippen molar-refractivity contribution in [3.8, 4) is 0 Å². The molecule has 0 fully saturated rings. The Kier molecular flexibility index (Phi) is 3.13. The Morgan fingerprint density at radius 3 is 2.71 bits per heavy atom. The Morgan fingerprint density at radius 1 is 1.57 bits per heavy atom. The minimum Gasteiger partial charge on any atom is -0.481 e. The van der Waals surface area contributed by atoms with Crippen LogP contribution in [0.5, 0.6) is 0 Å². The van der Waals surface area contributed by atoms with Crippen molar-refractivity contribution in [2.24, 2.45) is 0 Å². The zero-order valence-corrected chi connectivity index (χ0v) is 8.45. The van der Waals surface area contributed by atoms with Crippen molar-refractivity contribution >= 4 is 17.6 Å². The number of benzene rings is 1. The van der Waals surface area contributed by atoms with Crippen LogP contribution < -0.4 is 0 Å². The van der Waals surface area contributed by atoms with Crippen LogP contribution in [0.2, 0.25) is 5.02 Å². The number of carboxylic acid groups (broad SMARTS) is 1. The molecule has 1 rings (SSSR count). The van der Waals surface area contributed by atoms with Gasteiger partial charge in [0.25, 0.3) is 0 Å². The molecule has 0 spiro atoms. The van der Waals surface area contributed by atoms with E-state index in [1.54, 1.807) is 24.3 Å². The summed E-state index contributed by atoms with van der Waals surface area (Å²) in [7, 11) is 0. The van der Waals surface area contributed by atoms with Crippen LogP contribution >= 0.6 is 11.6 Å². The summed E-state index contributed by atoms with van der Waals surface area (Å²) in [5, 5.41) is 18.9. The fraction of sp³-hybridized carbons (Fsp3) is 0.300. The van der Waals surface area contributed by atoms with Gasteiger partial charge in [0.1, 0.15) is 0 Å². The lowest BCUT2D eigenvalue weighted by Crippen LogP contribution is -2.24. The van der Waals surface area contributed by atoms with Gasteiger partial charge in [-0.1, -0.05) is 23.7 Å². The van der Waals surface area contributed by atoms with Crippen molar-refractivity contribution in [2.75, 3.05) is 0 Å². The summed E-state index contributed by atoms with van der Waals surface area (Å²) in [5.74, 6) is -1.05. The molecule has 0 heterocycles. The first kappa shape index (κ1) is 11.0. The van der Waals surface area contributed by atoms with Crippen molar-refractivity contribution in [3.63, 3.8) is 0 Å². The molecular formula is C10H11ClO3. The highest BCUT2D eigenvalue weighted by Gasteiger charge is 2.26. The molecule has 1 atom stereocenters. The van der Waals surface area contributed by atoms with Gasteiger partial charge in [-0.3, -0.25) is 4.79 Å². The third-order valence-electron chi connectivity index (χ3n) is 1.94. The second kappa shape index (κ2) is 3.98. The molecule has 4 heteroatoms. The van der Waals surface area contributed by atoms with Crippen molar-refractivity contribution in [1.29, 1.82) is 0 Å². The number of halogens is 1. The van der Waals surface area contributed by atoms with Crippen LogP contribution in [0.15, 0.2) is 24.3 Å². The molecule has 0 bridgehead atoms.